The lowest BCUT2D eigenvalue weighted by atomic mass is 9.96. The normalized spacial score (nSPS) is 13.6. The molecule has 0 saturated heterocycles. The minimum Gasteiger partial charge on any atom is -0.489 e. The number of aryl methyl sites for hydroxylation is 1. The van der Waals surface area contributed by atoms with E-state index in [9.17, 15) is 43.6 Å². The summed E-state index contributed by atoms with van der Waals surface area (Å²) in [5.74, 6) is -0.553. The number of rotatable bonds is 60. The Morgan fingerprint density at radius 2 is 1.31 bits per heavy atom. The number of benzene rings is 3. The van der Waals surface area contributed by atoms with Gasteiger partial charge in [0.25, 0.3) is 0 Å². The van der Waals surface area contributed by atoms with E-state index in [1.54, 1.807) is 31.2 Å². The second kappa shape index (κ2) is 54.1. The summed E-state index contributed by atoms with van der Waals surface area (Å²) >= 11 is 0. The Labute approximate surface area is 646 Å². The summed E-state index contributed by atoms with van der Waals surface area (Å²) in [6, 6.07) is 12.4. The van der Waals surface area contributed by atoms with Crippen LogP contribution in [0, 0.1) is 20.4 Å². The first-order valence-corrected chi connectivity index (χ1v) is 42.8. The van der Waals surface area contributed by atoms with Crippen molar-refractivity contribution in [2.45, 2.75) is 246 Å². The van der Waals surface area contributed by atoms with Crippen molar-refractivity contribution in [2.24, 2.45) is 0 Å². The lowest BCUT2D eigenvalue weighted by Gasteiger charge is -2.28. The van der Waals surface area contributed by atoms with Gasteiger partial charge in [0.05, 0.1) is 66.4 Å². The molecule has 107 heavy (non-hydrogen) atoms. The van der Waals surface area contributed by atoms with Crippen LogP contribution >= 0.6 is 29.4 Å². The molecule has 2 amide bonds. The van der Waals surface area contributed by atoms with Gasteiger partial charge in [-0.1, -0.05) is 220 Å². The molecule has 0 radical (unpaired) electrons. The number of unbranched alkanes of at least 4 members (excludes halogenated alkanes) is 23. The number of phosphoric ester groups is 1. The van der Waals surface area contributed by atoms with Gasteiger partial charge in [0.15, 0.2) is 23.2 Å². The van der Waals surface area contributed by atoms with Crippen molar-refractivity contribution in [1.29, 1.82) is 0 Å². The fourth-order valence-electron chi connectivity index (χ4n) is 11.9. The molecule has 0 aliphatic carbocycles. The molecule has 1 heterocycles. The molecule has 0 spiro atoms. The summed E-state index contributed by atoms with van der Waals surface area (Å²) in [4.78, 5) is 82.0. The number of nitrogens with one attached hydrogen (secondary N) is 1. The predicted molar refractivity (Wildman–Crippen MR) is 426 cm³/mol. The van der Waals surface area contributed by atoms with E-state index in [1.807, 2.05) is 77.5 Å². The summed E-state index contributed by atoms with van der Waals surface area (Å²) in [5, 5.41) is 23.6. The summed E-state index contributed by atoms with van der Waals surface area (Å²) < 4.78 is 66.0. The first-order valence-electron chi connectivity index (χ1n) is 38.8. The molecule has 25 heteroatoms. The van der Waals surface area contributed by atoms with Gasteiger partial charge in [-0.3, -0.25) is 28.3 Å². The van der Waals surface area contributed by atoms with Crippen molar-refractivity contribution in [3.63, 3.8) is 0 Å². The molecule has 22 nitrogen and oxygen atoms in total. The molecule has 0 bridgehead atoms. The molecule has 0 fully saturated rings. The number of esters is 2. The van der Waals surface area contributed by atoms with Gasteiger partial charge in [-0.25, -0.2) is 19.0 Å². The number of carbonyl (C=O) groups is 5. The van der Waals surface area contributed by atoms with Gasteiger partial charge in [-0.05, 0) is 97.7 Å². The lowest BCUT2D eigenvalue weighted by Crippen LogP contribution is -2.47. The highest BCUT2D eigenvalue weighted by molar-refractivity contribution is 8.76. The average Bonchev–Trinajstić information content (AvgIpc) is 0.815. The van der Waals surface area contributed by atoms with Crippen LogP contribution in [0.4, 0.5) is 4.79 Å². The van der Waals surface area contributed by atoms with Crippen LogP contribution in [0.3, 0.4) is 0 Å². The van der Waals surface area contributed by atoms with Crippen LogP contribution in [0.2, 0.25) is 0 Å². The molecule has 3 aromatic carbocycles. The zero-order chi connectivity index (χ0) is 78.1. The number of fused-ring (bicyclic) bond motifs is 1. The molecule has 0 aromatic heterocycles. The van der Waals surface area contributed by atoms with Crippen LogP contribution in [-0.4, -0.2) is 165 Å². The van der Waals surface area contributed by atoms with Crippen LogP contribution in [0.15, 0.2) is 84.6 Å². The highest BCUT2D eigenvalue weighted by Gasteiger charge is 2.33. The fraction of sp³-hybridized carbons (Fsp3) is 0.634. The summed E-state index contributed by atoms with van der Waals surface area (Å²) in [6.45, 7) is 20.7. The van der Waals surface area contributed by atoms with E-state index < -0.39 is 63.2 Å². The zero-order valence-electron chi connectivity index (χ0n) is 65.4. The standard InChI is InChI=1S/C82H125N4O18PS2/c1-11-13-15-17-19-21-23-25-27-29-31-33-35-40-73(71(62-103-105(94,95)102-47-46-86(8,9)10)84-78(88)41-36-34-32-30-28-26-24-22-20-18-16-14-12-2)104-80(90)45-44-79(89)98-50-52-106-107-53-51-99-82(93)85(72(59-87)81(91)92)58-69-55-64(4)75(57-76(69)100-60-63(3)54-65(5)83-7)101-61-68-38-37-39-70(66(68)6)67-42-43-74-77(56-67)97-49-48-96-74/h35,37-40,42-43,54-57,71-73,87H,5,11-34,36,41,44-53,58-62H2,1-4,6,8-10H3,(H2-,84,88,91,92,94,95)/p+1/b40-35+,63-54+/t71-,72+,73+/m0/s1. The van der Waals surface area contributed by atoms with E-state index in [1.165, 1.54) is 118 Å². The van der Waals surface area contributed by atoms with Crippen molar-refractivity contribution < 1.29 is 90.3 Å². The third-order valence-electron chi connectivity index (χ3n) is 18.2. The Bertz CT molecular complexity index is 3300. The van der Waals surface area contributed by atoms with Crippen LogP contribution in [0.5, 0.6) is 23.0 Å². The minimum atomic E-state index is -4.62. The van der Waals surface area contributed by atoms with Crippen LogP contribution in [-0.2, 0) is 60.2 Å². The van der Waals surface area contributed by atoms with Gasteiger partial charge < -0.3 is 58.1 Å². The van der Waals surface area contributed by atoms with E-state index in [0.717, 1.165) is 78.5 Å². The number of carbonyl (C=O) groups excluding carboxylic acids is 4. The van der Waals surface area contributed by atoms with Gasteiger partial charge in [0, 0.05) is 29.6 Å². The number of aliphatic hydroxyl groups is 1. The van der Waals surface area contributed by atoms with E-state index in [-0.39, 0.29) is 81.9 Å². The van der Waals surface area contributed by atoms with Crippen molar-refractivity contribution in [2.75, 3.05) is 92.0 Å². The largest absolute Gasteiger partial charge is 0.489 e. The predicted octanol–water partition coefficient (Wildman–Crippen LogP) is 18.1. The smallest absolute Gasteiger partial charge is 0.472 e. The maximum atomic E-state index is 13.9. The number of likely N-dealkylation sites (N-methyl/N-ethyl adjacent to an activating group) is 1. The van der Waals surface area contributed by atoms with Crippen LogP contribution < -0.4 is 24.3 Å². The Morgan fingerprint density at radius 3 is 1.91 bits per heavy atom. The number of hydrogen-bond donors (Lipinski definition) is 4. The first kappa shape index (κ1) is 92.8. The molecule has 1 unspecified atom stereocenters. The number of hydrogen-bond acceptors (Lipinski definition) is 18. The van der Waals surface area contributed by atoms with E-state index in [2.05, 4.69) is 30.6 Å². The maximum absolute atomic E-state index is 13.9. The molecule has 4 N–H and O–H groups in total. The molecule has 4 rings (SSSR count). The minimum absolute atomic E-state index is 0.00322. The summed E-state index contributed by atoms with van der Waals surface area (Å²) in [5.41, 5.74) is 5.74. The monoisotopic (exact) mass is 1550 g/mol. The Kier molecular flexibility index (Phi) is 47.0. The molecular weight excluding hydrogens is 1420 g/mol. The maximum Gasteiger partial charge on any atom is 0.472 e. The van der Waals surface area contributed by atoms with Gasteiger partial charge in [0.1, 0.15) is 70.4 Å². The molecular formula is C82H126N4O18PS2+. The zero-order valence-corrected chi connectivity index (χ0v) is 67.9. The van der Waals surface area contributed by atoms with Crippen molar-refractivity contribution in [3.05, 3.63) is 118 Å². The molecule has 1 aliphatic rings. The van der Waals surface area contributed by atoms with Gasteiger partial charge in [-0.15, -0.1) is 0 Å². The van der Waals surface area contributed by atoms with Crippen LogP contribution in [0.25, 0.3) is 16.0 Å². The third-order valence-corrected chi connectivity index (χ3v) is 21.5. The number of nitrogens with zero attached hydrogens (tertiary/aromatic N) is 3. The Balaban J connectivity index is 1.35. The number of quaternary nitrogens is 1. The second-order valence-corrected chi connectivity index (χ2v) is 32.6. The number of ether oxygens (including phenoxy) is 7. The fourth-order valence-corrected chi connectivity index (χ4v) is 14.3. The number of aliphatic hydroxyl groups excluding tert-OH is 1. The highest BCUT2D eigenvalue weighted by Crippen LogP contribution is 2.44. The Hall–Kier alpha value is -6.55. The lowest BCUT2D eigenvalue weighted by molar-refractivity contribution is -0.870. The number of aliphatic carboxylic acids is 1. The SMILES string of the molecule is [C-]#[N+]C(=C)/C=C(\C)COc1cc(OCc2cccc(-c3ccc4c(c3)OCCO4)c2C)c(C)cc1CN(C(=O)OCCSSCCOC(=O)CCC(=O)O[C@H](/C=C/CCCCCCCCCCCCC)[C@H](COP(=O)(O)OCC[N+](C)(C)C)NC(=O)CCCCCCCCCCCCCCC)[C@H](CO)C(=O)O. The highest BCUT2D eigenvalue weighted by atomic mass is 33.1. The quantitative estimate of drug-likeness (QED) is 0.00471. The van der Waals surface area contributed by atoms with Crippen molar-refractivity contribution in [3.8, 4) is 34.1 Å². The molecule has 4 atom stereocenters. The Morgan fingerprint density at radius 1 is 0.720 bits per heavy atom. The summed E-state index contributed by atoms with van der Waals surface area (Å²) in [6.07, 6.45) is 31.2. The average molecular weight is 1550 g/mol. The number of allylic oxidation sites excluding steroid dienone is 2. The van der Waals surface area contributed by atoms with Gasteiger partial charge >= 0.3 is 31.8 Å². The molecule has 598 valence electrons. The number of phosphoric acid groups is 1. The van der Waals surface area contributed by atoms with Gasteiger partial charge in [-0.2, -0.15) is 0 Å². The van der Waals surface area contributed by atoms with Crippen molar-refractivity contribution in [1.82, 2.24) is 10.2 Å². The van der Waals surface area contributed by atoms with E-state index in [0.29, 0.717) is 76.8 Å². The van der Waals surface area contributed by atoms with E-state index >= 15 is 0 Å². The van der Waals surface area contributed by atoms with Gasteiger partial charge in [0.2, 0.25) is 5.91 Å². The van der Waals surface area contributed by atoms with E-state index in [4.69, 9.17) is 48.8 Å². The molecule has 1 aliphatic heterocycles. The molecule has 3 aromatic rings. The first-order chi connectivity index (χ1) is 51.5. The number of carboxylic acid groups (broad SMARTS) is 1. The summed E-state index contributed by atoms with van der Waals surface area (Å²) in [7, 11) is 3.78. The topological polar surface area (TPSA) is 266 Å². The third kappa shape index (κ3) is 40.1. The number of carboxylic acids is 1. The second-order valence-electron chi connectivity index (χ2n) is 28.5. The number of amides is 2. The van der Waals surface area contributed by atoms with Crippen molar-refractivity contribution >= 4 is 59.3 Å². The molecule has 0 saturated carbocycles. The van der Waals surface area contributed by atoms with Crippen LogP contribution in [0.1, 0.15) is 223 Å².